The molecular weight excluding hydrogens is 496 g/mol. The zero-order valence-corrected chi connectivity index (χ0v) is 21.1. The largest absolute Gasteiger partial charge is 0.490 e. The van der Waals surface area contributed by atoms with E-state index in [0.29, 0.717) is 24.7 Å². The summed E-state index contributed by atoms with van der Waals surface area (Å²) in [7, 11) is 0. The second-order valence-electron chi connectivity index (χ2n) is 7.63. The molecule has 1 fully saturated rings. The number of nitrogens with one attached hydrogen (secondary N) is 1. The Hall–Kier alpha value is -3.69. The number of carbonyl (C=O) groups excluding carboxylic acids is 3. The minimum Gasteiger partial charge on any atom is -0.490 e. The average Bonchev–Trinajstić information content (AvgIpc) is 3.15. The Balaban J connectivity index is 1.29. The van der Waals surface area contributed by atoms with Crippen molar-refractivity contribution in [1.82, 2.24) is 4.90 Å². The topological polar surface area (TPSA) is 84.9 Å². The van der Waals surface area contributed by atoms with Gasteiger partial charge in [0.1, 0.15) is 31.3 Å². The number of para-hydroxylation sites is 1. The summed E-state index contributed by atoms with van der Waals surface area (Å²) < 4.78 is 11.3. The molecule has 0 aromatic heterocycles. The molecule has 1 saturated heterocycles. The van der Waals surface area contributed by atoms with Crippen LogP contribution in [0.25, 0.3) is 6.08 Å². The van der Waals surface area contributed by atoms with Crippen molar-refractivity contribution in [2.75, 3.05) is 31.3 Å². The molecule has 4 rings (SSSR count). The number of imide groups is 1. The van der Waals surface area contributed by atoms with Gasteiger partial charge in [-0.3, -0.25) is 19.3 Å². The second kappa shape index (κ2) is 12.3. The highest BCUT2D eigenvalue weighted by Gasteiger charge is 2.36. The summed E-state index contributed by atoms with van der Waals surface area (Å²) in [4.78, 5) is 39.8. The molecule has 1 aliphatic rings. The van der Waals surface area contributed by atoms with Crippen LogP contribution in [0.1, 0.15) is 5.56 Å². The number of rotatable bonds is 10. The molecule has 36 heavy (non-hydrogen) atoms. The maximum absolute atomic E-state index is 12.8. The van der Waals surface area contributed by atoms with Gasteiger partial charge in [-0.25, -0.2) is 0 Å². The first kappa shape index (κ1) is 25.4. The number of ether oxygens (including phenoxy) is 2. The van der Waals surface area contributed by atoms with E-state index in [1.807, 2.05) is 54.8 Å². The first-order valence-corrected chi connectivity index (χ1v) is 13.2. The smallest absolute Gasteiger partial charge is 0.294 e. The van der Waals surface area contributed by atoms with Crippen molar-refractivity contribution in [1.29, 1.82) is 0 Å². The van der Waals surface area contributed by atoms with Crippen molar-refractivity contribution in [2.45, 2.75) is 4.90 Å². The van der Waals surface area contributed by atoms with Crippen LogP contribution in [0.15, 0.2) is 88.7 Å². The number of benzene rings is 3. The van der Waals surface area contributed by atoms with Crippen molar-refractivity contribution in [3.63, 3.8) is 0 Å². The number of nitrogens with zero attached hydrogens (tertiary/aromatic N) is 1. The Kier molecular flexibility index (Phi) is 8.70. The number of amides is 3. The zero-order valence-electron chi connectivity index (χ0n) is 19.5. The SMILES string of the molecule is CSc1cccc(NC(=O)CN2C(=O)S/C(=C/c3ccc(OCCOc4ccccc4)cc3)C2=O)c1. The Morgan fingerprint density at radius 2 is 1.64 bits per heavy atom. The van der Waals surface area contributed by atoms with Crippen LogP contribution in [-0.2, 0) is 9.59 Å². The van der Waals surface area contributed by atoms with Gasteiger partial charge in [0.25, 0.3) is 11.1 Å². The van der Waals surface area contributed by atoms with Gasteiger partial charge in [0.2, 0.25) is 5.91 Å². The molecule has 1 heterocycles. The minimum absolute atomic E-state index is 0.266. The van der Waals surface area contributed by atoms with Gasteiger partial charge in [0.15, 0.2) is 0 Å². The zero-order chi connectivity index (χ0) is 25.3. The molecule has 0 aliphatic carbocycles. The molecule has 3 amide bonds. The molecule has 0 atom stereocenters. The normalized spacial score (nSPS) is 14.2. The van der Waals surface area contributed by atoms with Crippen molar-refractivity contribution >= 4 is 52.3 Å². The van der Waals surface area contributed by atoms with Gasteiger partial charge in [-0.2, -0.15) is 0 Å². The van der Waals surface area contributed by atoms with Gasteiger partial charge < -0.3 is 14.8 Å². The molecule has 0 saturated carbocycles. The molecule has 0 radical (unpaired) electrons. The first-order valence-electron chi connectivity index (χ1n) is 11.1. The van der Waals surface area contributed by atoms with Crippen LogP contribution in [0.2, 0.25) is 0 Å². The van der Waals surface area contributed by atoms with Crippen LogP contribution >= 0.6 is 23.5 Å². The lowest BCUT2D eigenvalue weighted by Gasteiger charge is -2.12. The number of hydrogen-bond donors (Lipinski definition) is 1. The Labute approximate surface area is 217 Å². The highest BCUT2D eigenvalue weighted by molar-refractivity contribution is 8.18. The monoisotopic (exact) mass is 520 g/mol. The van der Waals surface area contributed by atoms with Gasteiger partial charge in [-0.05, 0) is 72.1 Å². The van der Waals surface area contributed by atoms with Crippen molar-refractivity contribution in [3.05, 3.63) is 89.3 Å². The molecular formula is C27H24N2O5S2. The molecule has 0 bridgehead atoms. The Bertz CT molecular complexity index is 1260. The van der Waals surface area contributed by atoms with Crippen molar-refractivity contribution in [2.24, 2.45) is 0 Å². The van der Waals surface area contributed by atoms with Gasteiger partial charge in [-0.15, -0.1) is 11.8 Å². The average molecular weight is 521 g/mol. The van der Waals surface area contributed by atoms with E-state index < -0.39 is 17.1 Å². The summed E-state index contributed by atoms with van der Waals surface area (Å²) in [6.45, 7) is 0.454. The molecule has 184 valence electrons. The molecule has 7 nitrogen and oxygen atoms in total. The summed E-state index contributed by atoms with van der Waals surface area (Å²) >= 11 is 2.37. The van der Waals surface area contributed by atoms with Crippen LogP contribution in [0.3, 0.4) is 0 Å². The molecule has 0 spiro atoms. The van der Waals surface area contributed by atoms with E-state index in [1.165, 1.54) is 0 Å². The third kappa shape index (κ3) is 6.93. The summed E-state index contributed by atoms with van der Waals surface area (Å²) in [6.07, 6.45) is 3.57. The first-order chi connectivity index (χ1) is 17.5. The molecule has 9 heteroatoms. The van der Waals surface area contributed by atoms with E-state index in [9.17, 15) is 14.4 Å². The molecule has 0 unspecified atom stereocenters. The molecule has 3 aromatic carbocycles. The quantitative estimate of drug-likeness (QED) is 0.213. The predicted octanol–water partition coefficient (Wildman–Crippen LogP) is 5.54. The van der Waals surface area contributed by atoms with E-state index in [1.54, 1.807) is 48.2 Å². The Morgan fingerprint density at radius 1 is 0.944 bits per heavy atom. The second-order valence-corrected chi connectivity index (χ2v) is 9.50. The standard InChI is InChI=1S/C27H24N2O5S2/c1-35-23-9-5-6-20(17-23)28-25(30)18-29-26(31)24(36-27(29)32)16-19-10-12-22(13-11-19)34-15-14-33-21-7-3-2-4-8-21/h2-13,16-17H,14-15,18H2,1H3,(H,28,30)/b24-16+. The fraction of sp³-hybridized carbons (Fsp3) is 0.148. The fourth-order valence-electron chi connectivity index (χ4n) is 3.33. The minimum atomic E-state index is -0.489. The van der Waals surface area contributed by atoms with Crippen LogP contribution in [-0.4, -0.2) is 48.0 Å². The van der Waals surface area contributed by atoms with E-state index >= 15 is 0 Å². The summed E-state index contributed by atoms with van der Waals surface area (Å²) in [5.74, 6) is 0.526. The van der Waals surface area contributed by atoms with Gasteiger partial charge >= 0.3 is 0 Å². The maximum atomic E-state index is 12.8. The lowest BCUT2D eigenvalue weighted by atomic mass is 10.2. The van der Waals surface area contributed by atoms with Crippen molar-refractivity contribution in [3.8, 4) is 11.5 Å². The molecule has 3 aromatic rings. The highest BCUT2D eigenvalue weighted by atomic mass is 32.2. The van der Waals surface area contributed by atoms with E-state index in [0.717, 1.165) is 32.9 Å². The summed E-state index contributed by atoms with van der Waals surface area (Å²) in [5.41, 5.74) is 1.36. The van der Waals surface area contributed by atoms with Crippen LogP contribution in [0.4, 0.5) is 10.5 Å². The highest BCUT2D eigenvalue weighted by Crippen LogP contribution is 2.32. The maximum Gasteiger partial charge on any atom is 0.294 e. The van der Waals surface area contributed by atoms with Crippen molar-refractivity contribution < 1.29 is 23.9 Å². The van der Waals surface area contributed by atoms with E-state index in [2.05, 4.69) is 5.32 Å². The van der Waals surface area contributed by atoms with Crippen LogP contribution < -0.4 is 14.8 Å². The lowest BCUT2D eigenvalue weighted by Crippen LogP contribution is -2.36. The number of anilines is 1. The van der Waals surface area contributed by atoms with E-state index in [-0.39, 0.29) is 11.4 Å². The lowest BCUT2D eigenvalue weighted by molar-refractivity contribution is -0.127. The van der Waals surface area contributed by atoms with E-state index in [4.69, 9.17) is 9.47 Å². The molecule has 1 aliphatic heterocycles. The third-order valence-corrected chi connectivity index (χ3v) is 6.70. The summed E-state index contributed by atoms with van der Waals surface area (Å²) in [5, 5.41) is 2.26. The number of carbonyl (C=O) groups is 3. The number of thioether (sulfide) groups is 2. The fourth-order valence-corrected chi connectivity index (χ4v) is 4.63. The Morgan fingerprint density at radius 3 is 2.33 bits per heavy atom. The van der Waals surface area contributed by atoms with Crippen LogP contribution in [0, 0.1) is 0 Å². The summed E-state index contributed by atoms with van der Waals surface area (Å²) in [6, 6.07) is 24.0. The predicted molar refractivity (Wildman–Crippen MR) is 143 cm³/mol. The van der Waals surface area contributed by atoms with Gasteiger partial charge in [-0.1, -0.05) is 36.4 Å². The molecule has 1 N–H and O–H groups in total. The number of hydrogen-bond acceptors (Lipinski definition) is 7. The van der Waals surface area contributed by atoms with Gasteiger partial charge in [0, 0.05) is 10.6 Å². The van der Waals surface area contributed by atoms with Crippen LogP contribution in [0.5, 0.6) is 11.5 Å². The third-order valence-electron chi connectivity index (χ3n) is 5.07. The van der Waals surface area contributed by atoms with Gasteiger partial charge in [0.05, 0.1) is 4.91 Å².